The van der Waals surface area contributed by atoms with Crippen LogP contribution in [-0.4, -0.2) is 30.6 Å². The maximum absolute atomic E-state index is 10.7. The fourth-order valence-corrected chi connectivity index (χ4v) is 0.846. The molecule has 0 aliphatic rings. The minimum absolute atomic E-state index is 0.0767. The Morgan fingerprint density at radius 2 is 2.30 bits per heavy atom. The molecule has 0 aromatic rings. The molecule has 3 heteroatoms. The van der Waals surface area contributed by atoms with E-state index in [1.807, 2.05) is 0 Å². The van der Waals surface area contributed by atoms with E-state index < -0.39 is 0 Å². The fourth-order valence-electron chi connectivity index (χ4n) is 0.846. The number of Topliss-reactive ketones (excluding diaryl/α,β-unsaturated/α-hetero) is 1. The highest BCUT2D eigenvalue weighted by atomic mass is 16.2. The van der Waals surface area contributed by atoms with Crippen LogP contribution in [0.15, 0.2) is 0 Å². The number of likely N-dealkylation sites (N-methyl/N-ethyl adjacent to an activating group) is 1. The first kappa shape index (κ1) is 9.59. The third-order valence-corrected chi connectivity index (χ3v) is 1.49. The summed E-state index contributed by atoms with van der Waals surface area (Å²) >= 11 is 0. The number of carbonyl (C=O) groups excluding carboxylic acids is 1. The molecule has 0 aromatic carbocycles. The average Bonchev–Trinajstić information content (AvgIpc) is 1.89. The highest BCUT2D eigenvalue weighted by molar-refractivity contribution is 5.81. The Bertz CT molecular complexity index is 104. The zero-order chi connectivity index (χ0) is 7.98. The Kier molecular flexibility index (Phi) is 5.16. The first-order valence-corrected chi connectivity index (χ1v) is 3.51. The lowest BCUT2D eigenvalue weighted by Crippen LogP contribution is -2.32. The normalized spacial score (nSPS) is 13.1. The number of aliphatic hydroxyl groups is 1. The molecule has 0 aliphatic heterocycles. The molecule has 0 rings (SSSR count). The van der Waals surface area contributed by atoms with Crippen LogP contribution in [0.4, 0.5) is 0 Å². The van der Waals surface area contributed by atoms with Gasteiger partial charge in [0, 0.05) is 6.61 Å². The van der Waals surface area contributed by atoms with Crippen molar-refractivity contribution in [3.63, 3.8) is 0 Å². The smallest absolute Gasteiger partial charge is 0.146 e. The lowest BCUT2D eigenvalue weighted by atomic mass is 10.1. The SMILES string of the molecule is CNC(CCCO)C(C)=O. The van der Waals surface area contributed by atoms with Crippen molar-refractivity contribution in [1.29, 1.82) is 0 Å². The van der Waals surface area contributed by atoms with Crippen LogP contribution < -0.4 is 5.32 Å². The number of rotatable bonds is 5. The first-order valence-electron chi connectivity index (χ1n) is 3.51. The molecule has 0 spiro atoms. The van der Waals surface area contributed by atoms with E-state index in [9.17, 15) is 4.79 Å². The minimum atomic E-state index is -0.0767. The van der Waals surface area contributed by atoms with Crippen molar-refractivity contribution in [1.82, 2.24) is 5.32 Å². The molecule has 0 bridgehead atoms. The molecule has 0 aliphatic carbocycles. The molecule has 0 heterocycles. The van der Waals surface area contributed by atoms with Crippen LogP contribution in [0.25, 0.3) is 0 Å². The summed E-state index contributed by atoms with van der Waals surface area (Å²) in [5.74, 6) is 0.135. The number of ketones is 1. The molecule has 0 saturated heterocycles. The molecule has 0 fully saturated rings. The number of carbonyl (C=O) groups is 1. The van der Waals surface area contributed by atoms with E-state index in [0.717, 1.165) is 6.42 Å². The predicted octanol–water partition coefficient (Wildman–Crippen LogP) is -0.0641. The molecule has 0 saturated carbocycles. The highest BCUT2D eigenvalue weighted by Crippen LogP contribution is 1.96. The van der Waals surface area contributed by atoms with E-state index in [1.165, 1.54) is 0 Å². The van der Waals surface area contributed by atoms with Gasteiger partial charge in [0.25, 0.3) is 0 Å². The van der Waals surface area contributed by atoms with Crippen molar-refractivity contribution in [3.05, 3.63) is 0 Å². The van der Waals surface area contributed by atoms with Crippen LogP contribution in [-0.2, 0) is 4.79 Å². The van der Waals surface area contributed by atoms with Crippen LogP contribution in [0.2, 0.25) is 0 Å². The molecule has 1 atom stereocenters. The van der Waals surface area contributed by atoms with Crippen LogP contribution in [0, 0.1) is 0 Å². The van der Waals surface area contributed by atoms with Crippen LogP contribution >= 0.6 is 0 Å². The molecule has 2 N–H and O–H groups in total. The third kappa shape index (κ3) is 3.58. The average molecular weight is 145 g/mol. The lowest BCUT2D eigenvalue weighted by Gasteiger charge is -2.10. The summed E-state index contributed by atoms with van der Waals surface area (Å²) in [5.41, 5.74) is 0. The summed E-state index contributed by atoms with van der Waals surface area (Å²) in [6.45, 7) is 1.71. The Hall–Kier alpha value is -0.410. The van der Waals surface area contributed by atoms with Gasteiger partial charge in [-0.15, -0.1) is 0 Å². The van der Waals surface area contributed by atoms with Gasteiger partial charge in [0.05, 0.1) is 6.04 Å². The zero-order valence-corrected chi connectivity index (χ0v) is 6.55. The van der Waals surface area contributed by atoms with Crippen molar-refractivity contribution >= 4 is 5.78 Å². The van der Waals surface area contributed by atoms with E-state index in [4.69, 9.17) is 5.11 Å². The minimum Gasteiger partial charge on any atom is -0.396 e. The van der Waals surface area contributed by atoms with Gasteiger partial charge in [0.2, 0.25) is 0 Å². The number of hydrogen-bond acceptors (Lipinski definition) is 3. The summed E-state index contributed by atoms with van der Waals surface area (Å²) in [4.78, 5) is 10.7. The van der Waals surface area contributed by atoms with Gasteiger partial charge in [0.15, 0.2) is 0 Å². The third-order valence-electron chi connectivity index (χ3n) is 1.49. The summed E-state index contributed by atoms with van der Waals surface area (Å²) in [6, 6.07) is -0.0767. The molecule has 10 heavy (non-hydrogen) atoms. The number of hydrogen-bond donors (Lipinski definition) is 2. The second-order valence-electron chi connectivity index (χ2n) is 2.32. The quantitative estimate of drug-likeness (QED) is 0.569. The molecule has 3 nitrogen and oxygen atoms in total. The lowest BCUT2D eigenvalue weighted by molar-refractivity contribution is -0.119. The second kappa shape index (κ2) is 5.38. The van der Waals surface area contributed by atoms with Crippen molar-refractivity contribution in [2.75, 3.05) is 13.7 Å². The van der Waals surface area contributed by atoms with E-state index in [-0.39, 0.29) is 18.4 Å². The van der Waals surface area contributed by atoms with Crippen LogP contribution in [0.1, 0.15) is 19.8 Å². The molecule has 1 unspecified atom stereocenters. The van der Waals surface area contributed by atoms with Gasteiger partial charge in [-0.25, -0.2) is 0 Å². The van der Waals surface area contributed by atoms with E-state index in [2.05, 4.69) is 5.32 Å². The van der Waals surface area contributed by atoms with Crippen LogP contribution in [0.3, 0.4) is 0 Å². The maximum Gasteiger partial charge on any atom is 0.146 e. The Morgan fingerprint density at radius 1 is 1.70 bits per heavy atom. The zero-order valence-electron chi connectivity index (χ0n) is 6.55. The Labute approximate surface area is 61.4 Å². The number of nitrogens with one attached hydrogen (secondary N) is 1. The maximum atomic E-state index is 10.7. The molecule has 0 amide bonds. The van der Waals surface area contributed by atoms with Gasteiger partial charge < -0.3 is 10.4 Å². The first-order chi connectivity index (χ1) is 4.72. The Morgan fingerprint density at radius 3 is 2.60 bits per heavy atom. The van der Waals surface area contributed by atoms with Gasteiger partial charge in [-0.3, -0.25) is 4.79 Å². The summed E-state index contributed by atoms with van der Waals surface area (Å²) in [6.07, 6.45) is 1.41. The van der Waals surface area contributed by atoms with Gasteiger partial charge in [0.1, 0.15) is 5.78 Å². The van der Waals surface area contributed by atoms with Gasteiger partial charge >= 0.3 is 0 Å². The molecule has 0 aromatic heterocycles. The topological polar surface area (TPSA) is 49.3 Å². The highest BCUT2D eigenvalue weighted by Gasteiger charge is 2.09. The molecule has 0 radical (unpaired) electrons. The fraction of sp³-hybridized carbons (Fsp3) is 0.857. The predicted molar refractivity (Wildman–Crippen MR) is 39.8 cm³/mol. The van der Waals surface area contributed by atoms with Gasteiger partial charge in [-0.1, -0.05) is 0 Å². The van der Waals surface area contributed by atoms with Crippen LogP contribution in [0.5, 0.6) is 0 Å². The van der Waals surface area contributed by atoms with E-state index in [1.54, 1.807) is 14.0 Å². The Balaban J connectivity index is 3.50. The van der Waals surface area contributed by atoms with Crippen molar-refractivity contribution in [2.24, 2.45) is 0 Å². The summed E-state index contributed by atoms with van der Waals surface area (Å²) in [7, 11) is 1.75. The standard InChI is InChI=1S/C7H15NO2/c1-6(10)7(8-2)4-3-5-9/h7-9H,3-5H2,1-2H3. The molecule has 60 valence electrons. The molecular weight excluding hydrogens is 130 g/mol. The van der Waals surface area contributed by atoms with Gasteiger partial charge in [-0.2, -0.15) is 0 Å². The largest absolute Gasteiger partial charge is 0.396 e. The number of aliphatic hydroxyl groups excluding tert-OH is 1. The van der Waals surface area contributed by atoms with Crippen molar-refractivity contribution in [2.45, 2.75) is 25.8 Å². The van der Waals surface area contributed by atoms with Crippen molar-refractivity contribution < 1.29 is 9.90 Å². The van der Waals surface area contributed by atoms with Gasteiger partial charge in [-0.05, 0) is 26.8 Å². The van der Waals surface area contributed by atoms with E-state index >= 15 is 0 Å². The molecular formula is C7H15NO2. The van der Waals surface area contributed by atoms with Crippen molar-refractivity contribution in [3.8, 4) is 0 Å². The summed E-state index contributed by atoms with van der Waals surface area (Å²) in [5, 5.41) is 11.3. The van der Waals surface area contributed by atoms with E-state index in [0.29, 0.717) is 6.42 Å². The second-order valence-corrected chi connectivity index (χ2v) is 2.32. The monoisotopic (exact) mass is 145 g/mol. The summed E-state index contributed by atoms with van der Waals surface area (Å²) < 4.78 is 0.